The first-order valence-electron chi connectivity index (χ1n) is 10.0. The highest BCUT2D eigenvalue weighted by Crippen LogP contribution is 2.57. The van der Waals surface area contributed by atoms with Crippen molar-refractivity contribution in [3.63, 3.8) is 0 Å². The summed E-state index contributed by atoms with van der Waals surface area (Å²) in [5.74, 6) is 0.338. The fourth-order valence-corrected chi connectivity index (χ4v) is 6.57. The molecule has 1 amide bonds. The molecule has 0 N–H and O–H groups in total. The van der Waals surface area contributed by atoms with E-state index < -0.39 is 16.6 Å². The molecule has 8 heteroatoms. The molecule has 1 aromatic carbocycles. The lowest BCUT2D eigenvalue weighted by Gasteiger charge is -2.62. The number of nitro benzene ring substituents is 1. The number of β-lactam (4-membered cyclic amide) rings is 1. The van der Waals surface area contributed by atoms with Gasteiger partial charge in [0.2, 0.25) is 6.10 Å². The SMILES string of the molecule is O=C1[C@H](Oc2ccc(Cl)cc2[N+](=O)[O-])[C@@]2(C3CCCCC3)c3ccsc3CCN12. The van der Waals surface area contributed by atoms with E-state index in [4.69, 9.17) is 16.3 Å². The second-order valence-corrected chi connectivity index (χ2v) is 9.46. The average molecular weight is 433 g/mol. The Morgan fingerprint density at radius 3 is 2.79 bits per heavy atom. The molecular formula is C21H21ClN2O4S. The first-order chi connectivity index (χ1) is 14.0. The number of hydrogen-bond acceptors (Lipinski definition) is 5. The highest BCUT2D eigenvalue weighted by molar-refractivity contribution is 7.10. The summed E-state index contributed by atoms with van der Waals surface area (Å²) in [6.45, 7) is 0.686. The molecule has 0 unspecified atom stereocenters. The predicted octanol–water partition coefficient (Wildman–Crippen LogP) is 4.93. The summed E-state index contributed by atoms with van der Waals surface area (Å²) in [6, 6.07) is 6.47. The third-order valence-corrected chi connectivity index (χ3v) is 7.88. The molecule has 1 aromatic heterocycles. The van der Waals surface area contributed by atoms with Gasteiger partial charge in [-0.1, -0.05) is 30.9 Å². The van der Waals surface area contributed by atoms with Gasteiger partial charge in [-0.15, -0.1) is 11.3 Å². The number of amides is 1. The predicted molar refractivity (Wildman–Crippen MR) is 111 cm³/mol. The Bertz CT molecular complexity index is 987. The number of halogens is 1. The van der Waals surface area contributed by atoms with Crippen molar-refractivity contribution in [2.75, 3.05) is 6.54 Å². The van der Waals surface area contributed by atoms with Crippen molar-refractivity contribution < 1.29 is 14.5 Å². The van der Waals surface area contributed by atoms with Crippen molar-refractivity contribution in [2.45, 2.75) is 50.2 Å². The van der Waals surface area contributed by atoms with Crippen LogP contribution in [-0.2, 0) is 16.8 Å². The molecule has 1 saturated carbocycles. The number of ether oxygens (including phenoxy) is 1. The molecule has 0 radical (unpaired) electrons. The van der Waals surface area contributed by atoms with Gasteiger partial charge in [0.1, 0.15) is 5.54 Å². The summed E-state index contributed by atoms with van der Waals surface area (Å²) in [5.41, 5.74) is 0.462. The smallest absolute Gasteiger partial charge is 0.312 e. The highest BCUT2D eigenvalue weighted by atomic mass is 35.5. The maximum atomic E-state index is 13.1. The fraction of sp³-hybridized carbons (Fsp3) is 0.476. The van der Waals surface area contributed by atoms with Crippen LogP contribution in [0, 0.1) is 16.0 Å². The third kappa shape index (κ3) is 2.70. The van der Waals surface area contributed by atoms with E-state index in [0.29, 0.717) is 12.5 Å². The number of nitrogens with zero attached hydrogens (tertiary/aromatic N) is 2. The van der Waals surface area contributed by atoms with Crippen LogP contribution in [0.5, 0.6) is 5.75 Å². The van der Waals surface area contributed by atoms with Crippen molar-refractivity contribution in [3.05, 3.63) is 55.2 Å². The van der Waals surface area contributed by atoms with E-state index in [1.54, 1.807) is 17.4 Å². The topological polar surface area (TPSA) is 72.7 Å². The zero-order valence-corrected chi connectivity index (χ0v) is 17.4. The zero-order valence-electron chi connectivity index (χ0n) is 15.8. The summed E-state index contributed by atoms with van der Waals surface area (Å²) in [4.78, 5) is 27.4. The van der Waals surface area contributed by atoms with E-state index in [9.17, 15) is 14.9 Å². The van der Waals surface area contributed by atoms with Crippen LogP contribution in [0.4, 0.5) is 5.69 Å². The van der Waals surface area contributed by atoms with Crippen LogP contribution in [0.1, 0.15) is 42.5 Å². The molecule has 6 nitrogen and oxygen atoms in total. The number of rotatable bonds is 4. The maximum Gasteiger partial charge on any atom is 0.312 e. The average Bonchev–Trinajstić information content (AvgIpc) is 3.20. The van der Waals surface area contributed by atoms with E-state index in [1.165, 1.54) is 29.0 Å². The van der Waals surface area contributed by atoms with Gasteiger partial charge in [0.15, 0.2) is 5.75 Å². The molecule has 152 valence electrons. The van der Waals surface area contributed by atoms with Crippen LogP contribution in [0.2, 0.25) is 5.02 Å². The Morgan fingerprint density at radius 1 is 1.24 bits per heavy atom. The summed E-state index contributed by atoms with van der Waals surface area (Å²) in [6.07, 6.45) is 5.71. The quantitative estimate of drug-likeness (QED) is 0.390. The molecule has 1 aliphatic carbocycles. The van der Waals surface area contributed by atoms with Gasteiger partial charge in [0.05, 0.1) is 4.92 Å². The lowest BCUT2D eigenvalue weighted by atomic mass is 9.61. The Kier molecular flexibility index (Phi) is 4.55. The lowest BCUT2D eigenvalue weighted by Crippen LogP contribution is -2.78. The minimum absolute atomic E-state index is 0.0725. The molecule has 29 heavy (non-hydrogen) atoms. The van der Waals surface area contributed by atoms with Gasteiger partial charge >= 0.3 is 5.69 Å². The van der Waals surface area contributed by atoms with E-state index in [-0.39, 0.29) is 22.4 Å². The van der Waals surface area contributed by atoms with Gasteiger partial charge in [0.25, 0.3) is 5.91 Å². The summed E-state index contributed by atoms with van der Waals surface area (Å²) in [5, 5.41) is 13.9. The van der Waals surface area contributed by atoms with Crippen LogP contribution in [0.15, 0.2) is 29.6 Å². The zero-order chi connectivity index (χ0) is 20.2. The summed E-state index contributed by atoms with van der Waals surface area (Å²) in [7, 11) is 0. The van der Waals surface area contributed by atoms with Gasteiger partial charge in [-0.05, 0) is 54.3 Å². The Labute approximate surface area is 177 Å². The summed E-state index contributed by atoms with van der Waals surface area (Å²) < 4.78 is 6.18. The van der Waals surface area contributed by atoms with Crippen molar-refractivity contribution in [1.29, 1.82) is 0 Å². The van der Waals surface area contributed by atoms with Gasteiger partial charge in [-0.25, -0.2) is 0 Å². The number of carbonyl (C=O) groups excluding carboxylic acids is 1. The molecule has 0 bridgehead atoms. The van der Waals surface area contributed by atoms with Gasteiger partial charge in [-0.3, -0.25) is 14.9 Å². The van der Waals surface area contributed by atoms with Gasteiger partial charge in [-0.2, -0.15) is 0 Å². The van der Waals surface area contributed by atoms with E-state index in [2.05, 4.69) is 11.4 Å². The van der Waals surface area contributed by atoms with Crippen LogP contribution in [0.25, 0.3) is 0 Å². The molecule has 3 aliphatic rings. The maximum absolute atomic E-state index is 13.1. The fourth-order valence-electron chi connectivity index (χ4n) is 5.47. The second-order valence-electron chi connectivity index (χ2n) is 8.02. The van der Waals surface area contributed by atoms with Crippen LogP contribution < -0.4 is 4.74 Å². The van der Waals surface area contributed by atoms with E-state index >= 15 is 0 Å². The summed E-state index contributed by atoms with van der Waals surface area (Å²) >= 11 is 7.68. The van der Waals surface area contributed by atoms with E-state index in [0.717, 1.165) is 32.1 Å². The minimum Gasteiger partial charge on any atom is -0.470 e. The number of fused-ring (bicyclic) bond motifs is 3. The normalized spacial score (nSPS) is 26.4. The van der Waals surface area contributed by atoms with Crippen LogP contribution in [-0.4, -0.2) is 28.4 Å². The van der Waals surface area contributed by atoms with Gasteiger partial charge < -0.3 is 9.64 Å². The molecule has 2 aromatic rings. The largest absolute Gasteiger partial charge is 0.470 e. The van der Waals surface area contributed by atoms with Crippen LogP contribution >= 0.6 is 22.9 Å². The first-order valence-corrected chi connectivity index (χ1v) is 11.3. The van der Waals surface area contributed by atoms with Crippen molar-refractivity contribution in [2.24, 2.45) is 5.92 Å². The first kappa shape index (κ1) is 18.9. The lowest BCUT2D eigenvalue weighted by molar-refractivity contribution is -0.386. The minimum atomic E-state index is -0.737. The molecule has 5 rings (SSSR count). The van der Waals surface area contributed by atoms with Crippen LogP contribution in [0.3, 0.4) is 0 Å². The molecule has 1 saturated heterocycles. The third-order valence-electron chi connectivity index (χ3n) is 6.67. The second kappa shape index (κ2) is 6.99. The standard InChI is InChI=1S/C21H21ClN2O4S/c22-14-6-7-17(16(12-14)24(26)27)28-19-20(25)23-10-8-18-15(9-11-29-18)21(19,23)13-4-2-1-3-5-13/h6-7,9,11-13,19H,1-5,8,10H2/t19-,21+/m0/s1. The highest BCUT2D eigenvalue weighted by Gasteiger charge is 2.68. The van der Waals surface area contributed by atoms with Crippen molar-refractivity contribution >= 4 is 34.5 Å². The number of benzene rings is 1. The monoisotopic (exact) mass is 432 g/mol. The molecule has 0 spiro atoms. The molecule has 3 heterocycles. The Morgan fingerprint density at radius 2 is 2.03 bits per heavy atom. The molecule has 2 atom stereocenters. The number of hydrogen-bond donors (Lipinski definition) is 0. The number of thiophene rings is 1. The number of nitro groups is 1. The van der Waals surface area contributed by atoms with Crippen molar-refractivity contribution in [3.8, 4) is 5.75 Å². The van der Waals surface area contributed by atoms with Gasteiger partial charge in [0, 0.05) is 22.5 Å². The van der Waals surface area contributed by atoms with E-state index in [1.807, 2.05) is 4.90 Å². The molecule has 2 fully saturated rings. The van der Waals surface area contributed by atoms with Crippen molar-refractivity contribution in [1.82, 2.24) is 4.90 Å². The molecule has 2 aliphatic heterocycles. The Hall–Kier alpha value is -2.12. The molecular weight excluding hydrogens is 412 g/mol. The number of carbonyl (C=O) groups is 1. The Balaban J connectivity index is 1.60.